The van der Waals surface area contributed by atoms with Crippen LogP contribution in [-0.2, 0) is 6.54 Å². The lowest BCUT2D eigenvalue weighted by Crippen LogP contribution is -2.37. The number of likely N-dealkylation sites (tertiary alicyclic amines) is 1. The topological polar surface area (TPSA) is 88.4 Å². The zero-order valence-electron chi connectivity index (χ0n) is 13.5. The number of nitrogens with zero attached hydrogens (tertiary/aromatic N) is 3. The number of aliphatic hydroxyl groups excluding tert-OH is 1. The third kappa shape index (κ3) is 2.80. The van der Waals surface area contributed by atoms with Crippen molar-refractivity contribution in [2.24, 2.45) is 5.92 Å². The Kier molecular flexibility index (Phi) is 4.06. The molecule has 22 heavy (non-hydrogen) atoms. The molecule has 1 aliphatic heterocycles. The molecule has 2 aromatic heterocycles. The van der Waals surface area contributed by atoms with E-state index in [1.54, 1.807) is 0 Å². The van der Waals surface area contributed by atoms with Crippen LogP contribution in [0.25, 0.3) is 11.1 Å². The number of aromatic nitrogens is 2. The van der Waals surface area contributed by atoms with Crippen molar-refractivity contribution >= 4 is 16.9 Å². The first-order valence-electron chi connectivity index (χ1n) is 7.88. The molecule has 0 bridgehead atoms. The Labute approximate surface area is 130 Å². The fraction of sp³-hybridized carbons (Fsp3) is 0.625. The molecule has 0 amide bonds. The van der Waals surface area contributed by atoms with E-state index in [0.29, 0.717) is 29.8 Å². The van der Waals surface area contributed by atoms with Crippen LogP contribution in [0.15, 0.2) is 4.42 Å². The summed E-state index contributed by atoms with van der Waals surface area (Å²) in [5.41, 5.74) is 7.67. The van der Waals surface area contributed by atoms with E-state index in [9.17, 15) is 5.11 Å². The Bertz CT molecular complexity index is 672. The molecule has 0 aliphatic carbocycles. The molecule has 1 aliphatic rings. The highest BCUT2D eigenvalue weighted by atomic mass is 16.3. The lowest BCUT2D eigenvalue weighted by atomic mass is 9.92. The quantitative estimate of drug-likeness (QED) is 0.902. The highest BCUT2D eigenvalue weighted by Gasteiger charge is 2.23. The highest BCUT2D eigenvalue weighted by molar-refractivity contribution is 5.88. The van der Waals surface area contributed by atoms with Gasteiger partial charge in [0.15, 0.2) is 0 Å². The molecule has 1 unspecified atom stereocenters. The second-order valence-electron chi connectivity index (χ2n) is 6.34. The summed E-state index contributed by atoms with van der Waals surface area (Å²) in [5.74, 6) is 2.44. The van der Waals surface area contributed by atoms with Crippen molar-refractivity contribution in [2.45, 2.75) is 46.3 Å². The van der Waals surface area contributed by atoms with Crippen LogP contribution >= 0.6 is 0 Å². The lowest BCUT2D eigenvalue weighted by molar-refractivity contribution is 0.0687. The number of rotatable bonds is 3. The molecule has 0 saturated carbocycles. The van der Waals surface area contributed by atoms with E-state index in [1.165, 1.54) is 0 Å². The van der Waals surface area contributed by atoms with E-state index in [4.69, 9.17) is 10.2 Å². The molecule has 2 aromatic rings. The monoisotopic (exact) mass is 304 g/mol. The summed E-state index contributed by atoms with van der Waals surface area (Å²) in [4.78, 5) is 11.3. The number of anilines is 1. The van der Waals surface area contributed by atoms with Gasteiger partial charge in [-0.3, -0.25) is 4.90 Å². The van der Waals surface area contributed by atoms with E-state index >= 15 is 0 Å². The second kappa shape index (κ2) is 5.85. The normalized spacial score (nSPS) is 18.9. The second-order valence-corrected chi connectivity index (χ2v) is 6.34. The standard InChI is InChI=1S/C16H24N4O2/c1-9-11(3)22-16-14(9)15(17)18-13(19-16)8-20-6-4-12(5-7-20)10(2)21/h10,12,21H,4-8H2,1-3H3,(H2,17,18,19). The molecule has 1 atom stereocenters. The van der Waals surface area contributed by atoms with E-state index in [0.717, 1.165) is 42.6 Å². The number of furan rings is 1. The van der Waals surface area contributed by atoms with E-state index < -0.39 is 0 Å². The molecule has 3 heterocycles. The highest BCUT2D eigenvalue weighted by Crippen LogP contribution is 2.28. The maximum Gasteiger partial charge on any atom is 0.231 e. The van der Waals surface area contributed by atoms with Crippen LogP contribution in [-0.4, -0.2) is 39.2 Å². The van der Waals surface area contributed by atoms with Crippen molar-refractivity contribution in [2.75, 3.05) is 18.8 Å². The minimum Gasteiger partial charge on any atom is -0.443 e. The van der Waals surface area contributed by atoms with Gasteiger partial charge in [-0.15, -0.1) is 0 Å². The number of hydrogen-bond acceptors (Lipinski definition) is 6. The van der Waals surface area contributed by atoms with E-state index in [2.05, 4.69) is 14.9 Å². The summed E-state index contributed by atoms with van der Waals surface area (Å²) in [6.07, 6.45) is 1.79. The number of fused-ring (bicyclic) bond motifs is 1. The lowest BCUT2D eigenvalue weighted by Gasteiger charge is -2.32. The Morgan fingerprint density at radius 3 is 2.64 bits per heavy atom. The van der Waals surface area contributed by atoms with Gasteiger partial charge in [0.2, 0.25) is 5.71 Å². The summed E-state index contributed by atoms with van der Waals surface area (Å²) in [6, 6.07) is 0. The molecule has 0 radical (unpaired) electrons. The van der Waals surface area contributed by atoms with Crippen molar-refractivity contribution in [1.29, 1.82) is 0 Å². The van der Waals surface area contributed by atoms with Gasteiger partial charge >= 0.3 is 0 Å². The van der Waals surface area contributed by atoms with Crippen LogP contribution in [0.4, 0.5) is 5.82 Å². The average molecular weight is 304 g/mol. The van der Waals surface area contributed by atoms with Gasteiger partial charge in [0.25, 0.3) is 0 Å². The number of aliphatic hydroxyl groups is 1. The number of nitrogens with two attached hydrogens (primary N) is 1. The number of nitrogen functional groups attached to an aromatic ring is 1. The molecule has 1 saturated heterocycles. The van der Waals surface area contributed by atoms with Crippen molar-refractivity contribution in [1.82, 2.24) is 14.9 Å². The van der Waals surface area contributed by atoms with Crippen molar-refractivity contribution in [3.63, 3.8) is 0 Å². The van der Waals surface area contributed by atoms with Gasteiger partial charge in [-0.25, -0.2) is 4.98 Å². The average Bonchev–Trinajstić information content (AvgIpc) is 2.75. The van der Waals surface area contributed by atoms with Crippen molar-refractivity contribution in [3.8, 4) is 0 Å². The fourth-order valence-corrected chi connectivity index (χ4v) is 3.19. The zero-order chi connectivity index (χ0) is 15.9. The molecule has 6 heteroatoms. The van der Waals surface area contributed by atoms with Crippen LogP contribution in [0.2, 0.25) is 0 Å². The van der Waals surface area contributed by atoms with Gasteiger partial charge in [-0.05, 0) is 52.6 Å². The Morgan fingerprint density at radius 2 is 2.00 bits per heavy atom. The maximum atomic E-state index is 9.66. The first-order valence-corrected chi connectivity index (χ1v) is 7.88. The van der Waals surface area contributed by atoms with E-state index in [-0.39, 0.29) is 6.10 Å². The summed E-state index contributed by atoms with van der Waals surface area (Å²) in [7, 11) is 0. The maximum absolute atomic E-state index is 9.66. The third-order valence-electron chi connectivity index (χ3n) is 4.78. The molecule has 6 nitrogen and oxygen atoms in total. The van der Waals surface area contributed by atoms with Gasteiger partial charge in [0, 0.05) is 5.56 Å². The molecule has 120 valence electrons. The van der Waals surface area contributed by atoms with Crippen LogP contribution < -0.4 is 5.73 Å². The molecule has 0 spiro atoms. The predicted molar refractivity (Wildman–Crippen MR) is 85.4 cm³/mol. The van der Waals surface area contributed by atoms with Crippen LogP contribution in [0.3, 0.4) is 0 Å². The van der Waals surface area contributed by atoms with Gasteiger partial charge in [-0.2, -0.15) is 4.98 Å². The SMILES string of the molecule is Cc1oc2nc(CN3CCC(C(C)O)CC3)nc(N)c2c1C. The fourth-order valence-electron chi connectivity index (χ4n) is 3.19. The summed E-state index contributed by atoms with van der Waals surface area (Å²) >= 11 is 0. The molecule has 3 rings (SSSR count). The minimum absolute atomic E-state index is 0.223. The van der Waals surface area contributed by atoms with E-state index in [1.807, 2.05) is 20.8 Å². The van der Waals surface area contributed by atoms with Gasteiger partial charge in [-0.1, -0.05) is 0 Å². The first-order chi connectivity index (χ1) is 10.5. The predicted octanol–water partition coefficient (Wildman–Crippen LogP) is 2.01. The summed E-state index contributed by atoms with van der Waals surface area (Å²) in [5, 5.41) is 10.5. The van der Waals surface area contributed by atoms with Crippen LogP contribution in [0, 0.1) is 19.8 Å². The third-order valence-corrected chi connectivity index (χ3v) is 4.78. The van der Waals surface area contributed by atoms with Gasteiger partial charge in [0.1, 0.15) is 17.4 Å². The minimum atomic E-state index is -0.223. The number of aryl methyl sites for hydroxylation is 2. The summed E-state index contributed by atoms with van der Waals surface area (Å²) in [6.45, 7) is 8.34. The molecule has 0 aromatic carbocycles. The molecular formula is C16H24N4O2. The Morgan fingerprint density at radius 1 is 1.32 bits per heavy atom. The van der Waals surface area contributed by atoms with Crippen molar-refractivity contribution in [3.05, 3.63) is 17.1 Å². The van der Waals surface area contributed by atoms with Crippen LogP contribution in [0.5, 0.6) is 0 Å². The zero-order valence-corrected chi connectivity index (χ0v) is 13.5. The molecular weight excluding hydrogens is 280 g/mol. The molecule has 1 fully saturated rings. The number of piperidine rings is 1. The van der Waals surface area contributed by atoms with Gasteiger partial charge < -0.3 is 15.3 Å². The summed E-state index contributed by atoms with van der Waals surface area (Å²) < 4.78 is 5.68. The Hall–Kier alpha value is -1.66. The number of hydrogen-bond donors (Lipinski definition) is 2. The molecule has 3 N–H and O–H groups in total. The smallest absolute Gasteiger partial charge is 0.231 e. The van der Waals surface area contributed by atoms with Crippen LogP contribution in [0.1, 0.15) is 36.9 Å². The van der Waals surface area contributed by atoms with Gasteiger partial charge in [0.05, 0.1) is 18.0 Å². The van der Waals surface area contributed by atoms with Crippen molar-refractivity contribution < 1.29 is 9.52 Å². The Balaban J connectivity index is 1.75. The first kappa shape index (κ1) is 15.2. The largest absolute Gasteiger partial charge is 0.443 e.